The molecule has 5 heteroatoms. The van der Waals surface area contributed by atoms with Gasteiger partial charge in [0, 0.05) is 11.6 Å². The summed E-state index contributed by atoms with van der Waals surface area (Å²) in [6, 6.07) is 7.59. The number of hydrogen-bond acceptors (Lipinski definition) is 5. The van der Waals surface area contributed by atoms with Crippen LogP contribution in [-0.4, -0.2) is 42.7 Å². The minimum atomic E-state index is -0.751. The van der Waals surface area contributed by atoms with E-state index in [9.17, 15) is 9.59 Å². The fourth-order valence-corrected chi connectivity index (χ4v) is 4.74. The zero-order chi connectivity index (χ0) is 15.7. The molecule has 0 spiro atoms. The van der Waals surface area contributed by atoms with E-state index in [1.807, 2.05) is 24.3 Å². The van der Waals surface area contributed by atoms with Crippen LogP contribution in [0.4, 0.5) is 5.69 Å². The lowest BCUT2D eigenvalue weighted by atomic mass is 9.78. The van der Waals surface area contributed by atoms with Crippen LogP contribution >= 0.6 is 0 Å². The van der Waals surface area contributed by atoms with Gasteiger partial charge in [0.1, 0.15) is 0 Å². The molecule has 2 bridgehead atoms. The monoisotopic (exact) mass is 311 g/mol. The third-order valence-electron chi connectivity index (χ3n) is 5.57. The van der Waals surface area contributed by atoms with Crippen molar-refractivity contribution in [2.24, 2.45) is 11.8 Å². The molecule has 5 rings (SSSR count). The van der Waals surface area contributed by atoms with Crippen molar-refractivity contribution < 1.29 is 19.1 Å². The number of ether oxygens (including phenoxy) is 2. The molecule has 6 atom stereocenters. The zero-order valence-corrected chi connectivity index (χ0v) is 12.7. The molecule has 0 radical (unpaired) electrons. The normalized spacial score (nSPS) is 39.9. The number of para-hydroxylation sites is 1. The first-order chi connectivity index (χ1) is 11.2. The molecule has 4 aliphatic rings. The molecule has 0 saturated carbocycles. The highest BCUT2D eigenvalue weighted by Gasteiger charge is 2.62. The van der Waals surface area contributed by atoms with Gasteiger partial charge in [0.2, 0.25) is 6.29 Å². The van der Waals surface area contributed by atoms with Gasteiger partial charge < -0.3 is 14.4 Å². The van der Waals surface area contributed by atoms with Gasteiger partial charge in [-0.1, -0.05) is 30.4 Å². The quantitative estimate of drug-likeness (QED) is 0.785. The Morgan fingerprint density at radius 3 is 2.96 bits per heavy atom. The van der Waals surface area contributed by atoms with Crippen molar-refractivity contribution in [1.82, 2.24) is 0 Å². The Labute approximate surface area is 133 Å². The van der Waals surface area contributed by atoms with Gasteiger partial charge in [-0.2, -0.15) is 0 Å². The summed E-state index contributed by atoms with van der Waals surface area (Å²) in [5, 5.41) is 0. The highest BCUT2D eigenvalue weighted by atomic mass is 16.7. The van der Waals surface area contributed by atoms with Gasteiger partial charge in [-0.25, -0.2) is 0 Å². The molecule has 4 heterocycles. The summed E-state index contributed by atoms with van der Waals surface area (Å²) in [7, 11) is 0. The van der Waals surface area contributed by atoms with E-state index in [0.717, 1.165) is 11.3 Å². The standard InChI is InChI=1S/C18H17NO4/c1-9(20)16-15-13-8-22-18(23-13)17(21)14(15)12-7-6-10-4-2-3-5-11(10)19(12)16/h2-7,12-16,18H,8H2,1H3/t12-,13-,14+,15+,16+,18-/m1/s1. The van der Waals surface area contributed by atoms with Crippen LogP contribution in [-0.2, 0) is 19.1 Å². The average Bonchev–Trinajstić information content (AvgIpc) is 3.13. The van der Waals surface area contributed by atoms with E-state index in [0.29, 0.717) is 6.61 Å². The molecule has 0 N–H and O–H groups in total. The predicted molar refractivity (Wildman–Crippen MR) is 82.8 cm³/mol. The molecular weight excluding hydrogens is 294 g/mol. The molecule has 118 valence electrons. The van der Waals surface area contributed by atoms with Crippen LogP contribution in [0.3, 0.4) is 0 Å². The van der Waals surface area contributed by atoms with E-state index in [1.54, 1.807) is 6.92 Å². The van der Waals surface area contributed by atoms with Crippen molar-refractivity contribution in [1.29, 1.82) is 0 Å². The highest BCUT2D eigenvalue weighted by Crippen LogP contribution is 2.50. The van der Waals surface area contributed by atoms with Crippen molar-refractivity contribution in [3.8, 4) is 0 Å². The first-order valence-corrected chi connectivity index (χ1v) is 8.03. The summed E-state index contributed by atoms with van der Waals surface area (Å²) in [4.78, 5) is 27.4. The lowest BCUT2D eigenvalue weighted by molar-refractivity contribution is -0.164. The maximum atomic E-state index is 12.8. The smallest absolute Gasteiger partial charge is 0.218 e. The molecule has 0 aliphatic carbocycles. The van der Waals surface area contributed by atoms with E-state index in [2.05, 4.69) is 17.1 Å². The number of hydrogen-bond donors (Lipinski definition) is 0. The van der Waals surface area contributed by atoms with Gasteiger partial charge >= 0.3 is 0 Å². The average molecular weight is 311 g/mol. The number of nitrogens with zero attached hydrogens (tertiary/aromatic N) is 1. The number of carbonyl (C=O) groups excluding carboxylic acids is 2. The van der Waals surface area contributed by atoms with Gasteiger partial charge in [0.15, 0.2) is 11.6 Å². The Kier molecular flexibility index (Phi) is 2.65. The third kappa shape index (κ3) is 1.64. The molecule has 0 aromatic heterocycles. The van der Waals surface area contributed by atoms with Crippen molar-refractivity contribution in [2.45, 2.75) is 31.4 Å². The number of ketones is 2. The highest BCUT2D eigenvalue weighted by molar-refractivity contribution is 5.95. The van der Waals surface area contributed by atoms with Crippen LogP contribution in [0.15, 0.2) is 30.3 Å². The maximum absolute atomic E-state index is 12.8. The summed E-state index contributed by atoms with van der Waals surface area (Å²) in [6.07, 6.45) is 3.19. The topological polar surface area (TPSA) is 55.8 Å². The van der Waals surface area contributed by atoms with Crippen LogP contribution in [0, 0.1) is 11.8 Å². The molecule has 0 amide bonds. The number of benzene rings is 1. The Bertz CT molecular complexity index is 742. The maximum Gasteiger partial charge on any atom is 0.218 e. The van der Waals surface area contributed by atoms with E-state index in [4.69, 9.17) is 9.47 Å². The summed E-state index contributed by atoms with van der Waals surface area (Å²) in [5.74, 6) is -0.319. The molecular formula is C18H17NO4. The molecule has 1 aromatic rings. The zero-order valence-electron chi connectivity index (χ0n) is 12.7. The fourth-order valence-electron chi connectivity index (χ4n) is 4.74. The van der Waals surface area contributed by atoms with Crippen LogP contribution < -0.4 is 4.90 Å². The molecule has 1 aromatic carbocycles. The Morgan fingerprint density at radius 1 is 1.30 bits per heavy atom. The first kappa shape index (κ1) is 13.5. The van der Waals surface area contributed by atoms with Crippen LogP contribution in [0.1, 0.15) is 12.5 Å². The Morgan fingerprint density at radius 2 is 2.13 bits per heavy atom. The minimum absolute atomic E-state index is 0.0217. The first-order valence-electron chi connectivity index (χ1n) is 8.03. The van der Waals surface area contributed by atoms with Gasteiger partial charge in [-0.3, -0.25) is 9.59 Å². The molecule has 4 aliphatic heterocycles. The summed E-state index contributed by atoms with van der Waals surface area (Å²) < 4.78 is 11.2. The van der Waals surface area contributed by atoms with E-state index in [1.165, 1.54) is 0 Å². The van der Waals surface area contributed by atoms with Gasteiger partial charge in [-0.15, -0.1) is 0 Å². The van der Waals surface area contributed by atoms with E-state index < -0.39 is 6.29 Å². The molecule has 23 heavy (non-hydrogen) atoms. The Hall–Kier alpha value is -1.98. The third-order valence-corrected chi connectivity index (χ3v) is 5.57. The second kappa shape index (κ2) is 4.52. The Balaban J connectivity index is 1.69. The van der Waals surface area contributed by atoms with Crippen LogP contribution in [0.5, 0.6) is 0 Å². The van der Waals surface area contributed by atoms with Crippen molar-refractivity contribution in [3.63, 3.8) is 0 Å². The number of fused-ring (bicyclic) bond motifs is 8. The molecule has 3 fully saturated rings. The number of carbonyl (C=O) groups is 2. The number of anilines is 1. The van der Waals surface area contributed by atoms with Crippen molar-refractivity contribution in [2.75, 3.05) is 11.5 Å². The van der Waals surface area contributed by atoms with Crippen LogP contribution in [0.25, 0.3) is 6.08 Å². The van der Waals surface area contributed by atoms with E-state index in [-0.39, 0.29) is 41.6 Å². The lowest BCUT2D eigenvalue weighted by Gasteiger charge is -2.35. The molecule has 3 saturated heterocycles. The second-order valence-corrected chi connectivity index (χ2v) is 6.72. The van der Waals surface area contributed by atoms with Gasteiger partial charge in [-0.05, 0) is 18.6 Å². The second-order valence-electron chi connectivity index (χ2n) is 6.72. The largest absolute Gasteiger partial charge is 0.353 e. The van der Waals surface area contributed by atoms with Gasteiger partial charge in [0.05, 0.1) is 30.7 Å². The number of Topliss-reactive ketones (excluding diaryl/α,β-unsaturated/α-hetero) is 2. The summed E-state index contributed by atoms with van der Waals surface area (Å²) in [6.45, 7) is 2.00. The minimum Gasteiger partial charge on any atom is -0.353 e. The lowest BCUT2D eigenvalue weighted by Crippen LogP contribution is -2.48. The van der Waals surface area contributed by atoms with E-state index >= 15 is 0 Å². The summed E-state index contributed by atoms with van der Waals surface area (Å²) in [5.41, 5.74) is 2.11. The summed E-state index contributed by atoms with van der Waals surface area (Å²) >= 11 is 0. The SMILES string of the molecule is CC(=O)[C@H]1[C@@H]2[C@@H](C(=O)[C@@H]3OC[C@H]2O3)[C@H]2C=Cc3ccccc3N21. The predicted octanol–water partition coefficient (Wildman–Crippen LogP) is 1.42. The van der Waals surface area contributed by atoms with Gasteiger partial charge in [0.25, 0.3) is 0 Å². The number of rotatable bonds is 1. The fraction of sp³-hybridized carbons (Fsp3) is 0.444. The molecule has 0 unspecified atom stereocenters. The van der Waals surface area contributed by atoms with Crippen molar-refractivity contribution >= 4 is 23.3 Å². The van der Waals surface area contributed by atoms with Crippen LogP contribution in [0.2, 0.25) is 0 Å². The molecule has 5 nitrogen and oxygen atoms in total. The van der Waals surface area contributed by atoms with Crippen molar-refractivity contribution in [3.05, 3.63) is 35.9 Å².